The Morgan fingerprint density at radius 3 is 2.00 bits per heavy atom. The van der Waals surface area contributed by atoms with Crippen molar-refractivity contribution in [3.05, 3.63) is 0 Å². The summed E-state index contributed by atoms with van der Waals surface area (Å²) in [5.41, 5.74) is 4.77. The van der Waals surface area contributed by atoms with E-state index in [-0.39, 0.29) is 30.5 Å². The Morgan fingerprint density at radius 1 is 1.23 bits per heavy atom. The summed E-state index contributed by atoms with van der Waals surface area (Å²) >= 11 is 0. The molecule has 3 aliphatic carbocycles. The van der Waals surface area contributed by atoms with Crippen molar-refractivity contribution in [2.75, 3.05) is 6.61 Å². The predicted octanol–water partition coefficient (Wildman–Crippen LogP) is 1.16. The topological polar surface area (TPSA) is 46.2 Å². The highest BCUT2D eigenvalue weighted by molar-refractivity contribution is 5.85. The van der Waals surface area contributed by atoms with Crippen molar-refractivity contribution in [2.45, 2.75) is 31.7 Å². The minimum atomic E-state index is -2.20. The van der Waals surface area contributed by atoms with Crippen molar-refractivity contribution in [1.82, 2.24) is 0 Å². The monoisotopic (exact) mass is 213 g/mol. The molecule has 1 atom stereocenters. The third-order valence-corrected chi connectivity index (χ3v) is 3.56. The molecule has 0 radical (unpaired) electrons. The molecule has 3 fully saturated rings. The normalized spacial score (nSPS) is 43.2. The zero-order valence-electron chi connectivity index (χ0n) is 7.17. The lowest BCUT2D eigenvalue weighted by molar-refractivity contribution is -0.277. The van der Waals surface area contributed by atoms with Gasteiger partial charge in [0.25, 0.3) is 0 Å². The maximum Gasteiger partial charge on any atom is 0.244 e. The summed E-state index contributed by atoms with van der Waals surface area (Å²) in [4.78, 5) is 0. The number of rotatable bonds is 3. The summed E-state index contributed by atoms with van der Waals surface area (Å²) in [6, 6.07) is -0.293. The highest BCUT2D eigenvalue weighted by Gasteiger charge is 2.73. The molecule has 0 amide bonds. The fourth-order valence-electron chi connectivity index (χ4n) is 2.77. The van der Waals surface area contributed by atoms with Crippen LogP contribution in [0.5, 0.6) is 0 Å². The summed E-state index contributed by atoms with van der Waals surface area (Å²) in [5.74, 6) is 0. The van der Waals surface area contributed by atoms with Crippen LogP contribution >= 0.6 is 12.4 Å². The van der Waals surface area contributed by atoms with Crippen molar-refractivity contribution < 1.29 is 13.9 Å². The van der Waals surface area contributed by atoms with Crippen LogP contribution in [-0.4, -0.2) is 24.2 Å². The number of aliphatic hydroxyl groups excluding tert-OH is 1. The highest BCUT2D eigenvalue weighted by Crippen LogP contribution is 2.76. The van der Waals surface area contributed by atoms with E-state index in [9.17, 15) is 8.78 Å². The minimum absolute atomic E-state index is 0. The van der Waals surface area contributed by atoms with E-state index in [1.54, 1.807) is 0 Å². The average Bonchev–Trinajstić information content (AvgIpc) is 1.80. The second-order valence-corrected chi connectivity index (χ2v) is 4.34. The standard InChI is InChI=1S/C8H13F2NO.ClH/c9-6(10)8-2-7(3-8,4-8)5(11)1-12;/h5-6,12H,1-4,11H2;1H. The van der Waals surface area contributed by atoms with E-state index < -0.39 is 11.8 Å². The lowest BCUT2D eigenvalue weighted by atomic mass is 9.33. The Balaban J connectivity index is 0.000000845. The van der Waals surface area contributed by atoms with Crippen LogP contribution < -0.4 is 5.73 Å². The molecule has 0 aliphatic heterocycles. The van der Waals surface area contributed by atoms with Gasteiger partial charge in [-0.3, -0.25) is 0 Å². The van der Waals surface area contributed by atoms with Crippen LogP contribution in [0.25, 0.3) is 0 Å². The Hall–Kier alpha value is 0.0700. The molecule has 2 nitrogen and oxygen atoms in total. The zero-order valence-corrected chi connectivity index (χ0v) is 7.99. The predicted molar refractivity (Wildman–Crippen MR) is 47.0 cm³/mol. The van der Waals surface area contributed by atoms with E-state index in [4.69, 9.17) is 10.8 Å². The van der Waals surface area contributed by atoms with Gasteiger partial charge in [-0.2, -0.15) is 0 Å². The molecule has 1 unspecified atom stereocenters. The van der Waals surface area contributed by atoms with E-state index in [1.807, 2.05) is 0 Å². The molecule has 0 heterocycles. The van der Waals surface area contributed by atoms with E-state index in [2.05, 4.69) is 0 Å². The van der Waals surface area contributed by atoms with Crippen molar-refractivity contribution in [2.24, 2.45) is 16.6 Å². The maximum atomic E-state index is 12.3. The van der Waals surface area contributed by atoms with Crippen molar-refractivity contribution in [3.63, 3.8) is 0 Å². The van der Waals surface area contributed by atoms with Gasteiger partial charge in [0.2, 0.25) is 6.43 Å². The van der Waals surface area contributed by atoms with Crippen molar-refractivity contribution >= 4 is 12.4 Å². The molecule has 3 N–H and O–H groups in total. The van der Waals surface area contributed by atoms with Gasteiger partial charge >= 0.3 is 0 Å². The second-order valence-electron chi connectivity index (χ2n) is 4.34. The molecule has 5 heteroatoms. The van der Waals surface area contributed by atoms with Crippen molar-refractivity contribution in [1.29, 1.82) is 0 Å². The van der Waals surface area contributed by atoms with Crippen LogP contribution in [0.3, 0.4) is 0 Å². The summed E-state index contributed by atoms with van der Waals surface area (Å²) in [6.45, 7) is -0.0840. The van der Waals surface area contributed by atoms with Gasteiger partial charge in [-0.15, -0.1) is 12.4 Å². The Morgan fingerprint density at radius 2 is 1.69 bits per heavy atom. The van der Waals surface area contributed by atoms with Gasteiger partial charge in [0.1, 0.15) is 0 Å². The van der Waals surface area contributed by atoms with Gasteiger partial charge in [-0.25, -0.2) is 8.78 Å². The summed E-state index contributed by atoms with van der Waals surface area (Å²) < 4.78 is 24.7. The smallest absolute Gasteiger partial charge is 0.244 e. The zero-order chi connectivity index (χ0) is 8.98. The van der Waals surface area contributed by atoms with Crippen LogP contribution in [0.2, 0.25) is 0 Å². The average molecular weight is 214 g/mol. The molecule has 13 heavy (non-hydrogen) atoms. The number of hydrogen-bond donors (Lipinski definition) is 2. The third kappa shape index (κ3) is 1.19. The SMILES string of the molecule is Cl.NC(CO)C12CC(C(F)F)(C1)C2. The molecule has 3 aliphatic rings. The van der Waals surface area contributed by atoms with E-state index in [0.29, 0.717) is 19.3 Å². The Labute approximate surface area is 81.9 Å². The first-order chi connectivity index (χ1) is 5.55. The number of hydrogen-bond acceptors (Lipinski definition) is 2. The van der Waals surface area contributed by atoms with Crippen LogP contribution in [0.4, 0.5) is 8.78 Å². The molecule has 78 valence electrons. The molecular formula is C8H14ClF2NO. The summed E-state index contributed by atoms with van der Waals surface area (Å²) in [6.07, 6.45) is -0.664. The highest BCUT2D eigenvalue weighted by atomic mass is 35.5. The maximum absolute atomic E-state index is 12.3. The number of aliphatic hydroxyl groups is 1. The minimum Gasteiger partial charge on any atom is -0.395 e. The van der Waals surface area contributed by atoms with Gasteiger partial charge in [-0.05, 0) is 24.7 Å². The van der Waals surface area contributed by atoms with Crippen LogP contribution in [0, 0.1) is 10.8 Å². The Bertz CT molecular complexity index is 193. The van der Waals surface area contributed by atoms with Gasteiger partial charge in [0.05, 0.1) is 6.61 Å². The van der Waals surface area contributed by atoms with Gasteiger partial charge in [0, 0.05) is 11.5 Å². The first-order valence-electron chi connectivity index (χ1n) is 4.19. The molecule has 0 aromatic heterocycles. The first kappa shape index (κ1) is 11.1. The first-order valence-corrected chi connectivity index (χ1v) is 4.19. The van der Waals surface area contributed by atoms with Gasteiger partial charge < -0.3 is 10.8 Å². The van der Waals surface area contributed by atoms with Crippen LogP contribution in [-0.2, 0) is 0 Å². The van der Waals surface area contributed by atoms with Gasteiger partial charge in [0.15, 0.2) is 0 Å². The molecule has 3 saturated carbocycles. The fraction of sp³-hybridized carbons (Fsp3) is 1.00. The van der Waals surface area contributed by atoms with E-state index in [0.717, 1.165) is 0 Å². The summed E-state index contributed by atoms with van der Waals surface area (Å²) in [7, 11) is 0. The molecule has 0 spiro atoms. The molecule has 0 aromatic rings. The van der Waals surface area contributed by atoms with E-state index in [1.165, 1.54) is 0 Å². The molecule has 3 rings (SSSR count). The van der Waals surface area contributed by atoms with Crippen molar-refractivity contribution in [3.8, 4) is 0 Å². The number of alkyl halides is 2. The van der Waals surface area contributed by atoms with E-state index >= 15 is 0 Å². The molecular weight excluding hydrogens is 200 g/mol. The van der Waals surface area contributed by atoms with Gasteiger partial charge in [-0.1, -0.05) is 0 Å². The number of halogens is 3. The molecule has 2 bridgehead atoms. The quantitative estimate of drug-likeness (QED) is 0.739. The lowest BCUT2D eigenvalue weighted by Crippen LogP contribution is -2.71. The van der Waals surface area contributed by atoms with Crippen LogP contribution in [0.15, 0.2) is 0 Å². The largest absolute Gasteiger partial charge is 0.395 e. The third-order valence-electron chi connectivity index (χ3n) is 3.56. The molecule has 0 aromatic carbocycles. The Kier molecular flexibility index (Phi) is 2.60. The fourth-order valence-corrected chi connectivity index (χ4v) is 2.77. The lowest BCUT2D eigenvalue weighted by Gasteiger charge is -2.72. The second kappa shape index (κ2) is 3.04. The summed E-state index contributed by atoms with van der Waals surface area (Å²) in [5, 5.41) is 8.77. The van der Waals surface area contributed by atoms with Crippen LogP contribution in [0.1, 0.15) is 19.3 Å². The number of nitrogens with two attached hydrogens (primary N) is 1. The molecule has 0 saturated heterocycles.